The van der Waals surface area contributed by atoms with Gasteiger partial charge in [0.15, 0.2) is 0 Å². The average molecular weight is 210 g/mol. The van der Waals surface area contributed by atoms with Crippen LogP contribution in [0.25, 0.3) is 0 Å². The van der Waals surface area contributed by atoms with Crippen LogP contribution in [0.1, 0.15) is 51.9 Å². The summed E-state index contributed by atoms with van der Waals surface area (Å²) in [5.41, 5.74) is 6.76. The van der Waals surface area contributed by atoms with E-state index < -0.39 is 0 Å². The van der Waals surface area contributed by atoms with Crippen LogP contribution >= 0.6 is 0 Å². The van der Waals surface area contributed by atoms with E-state index in [1.54, 1.807) is 0 Å². The molecule has 0 amide bonds. The molecular formula is C13H26N2. The summed E-state index contributed by atoms with van der Waals surface area (Å²) in [5, 5.41) is 3.61. The summed E-state index contributed by atoms with van der Waals surface area (Å²) in [4.78, 5) is 0. The molecule has 2 saturated carbocycles. The lowest BCUT2D eigenvalue weighted by atomic mass is 10.0. The van der Waals surface area contributed by atoms with E-state index in [0.717, 1.165) is 12.5 Å². The molecule has 1 atom stereocenters. The van der Waals surface area contributed by atoms with Crippen molar-refractivity contribution in [2.24, 2.45) is 17.1 Å². The molecule has 15 heavy (non-hydrogen) atoms. The third kappa shape index (κ3) is 3.46. The third-order valence-corrected chi connectivity index (χ3v) is 4.12. The Morgan fingerprint density at radius 2 is 2.13 bits per heavy atom. The molecule has 0 aliphatic heterocycles. The third-order valence-electron chi connectivity index (χ3n) is 4.12. The van der Waals surface area contributed by atoms with E-state index in [-0.39, 0.29) is 0 Å². The maximum absolute atomic E-state index is 6.06. The fourth-order valence-corrected chi connectivity index (χ4v) is 2.60. The Labute approximate surface area is 94.0 Å². The van der Waals surface area contributed by atoms with Gasteiger partial charge in [-0.25, -0.2) is 0 Å². The van der Waals surface area contributed by atoms with Crippen molar-refractivity contribution in [3.63, 3.8) is 0 Å². The summed E-state index contributed by atoms with van der Waals surface area (Å²) in [6, 6.07) is 0.471. The van der Waals surface area contributed by atoms with Crippen molar-refractivity contribution in [2.75, 3.05) is 13.1 Å². The Morgan fingerprint density at radius 3 is 2.67 bits per heavy atom. The van der Waals surface area contributed by atoms with E-state index >= 15 is 0 Å². The van der Waals surface area contributed by atoms with Gasteiger partial charge >= 0.3 is 0 Å². The molecule has 2 rings (SSSR count). The van der Waals surface area contributed by atoms with Gasteiger partial charge in [-0.2, -0.15) is 0 Å². The first-order valence-corrected chi connectivity index (χ1v) is 6.72. The summed E-state index contributed by atoms with van der Waals surface area (Å²) in [5.74, 6) is 0.859. The van der Waals surface area contributed by atoms with Crippen LogP contribution in [0.5, 0.6) is 0 Å². The zero-order chi connectivity index (χ0) is 10.7. The van der Waals surface area contributed by atoms with Crippen LogP contribution in [0.3, 0.4) is 0 Å². The van der Waals surface area contributed by atoms with Gasteiger partial charge in [-0.1, -0.05) is 13.3 Å². The Morgan fingerprint density at radius 1 is 1.40 bits per heavy atom. The second-order valence-electron chi connectivity index (χ2n) is 5.72. The van der Waals surface area contributed by atoms with Crippen molar-refractivity contribution in [2.45, 2.75) is 57.9 Å². The fraction of sp³-hybridized carbons (Fsp3) is 1.00. The maximum atomic E-state index is 6.06. The number of hydrogen-bond acceptors (Lipinski definition) is 2. The van der Waals surface area contributed by atoms with Crippen molar-refractivity contribution in [1.82, 2.24) is 5.32 Å². The van der Waals surface area contributed by atoms with Gasteiger partial charge in [0.2, 0.25) is 0 Å². The van der Waals surface area contributed by atoms with E-state index in [2.05, 4.69) is 12.2 Å². The van der Waals surface area contributed by atoms with Gasteiger partial charge in [0.25, 0.3) is 0 Å². The molecule has 0 spiro atoms. The molecule has 0 saturated heterocycles. The number of nitrogens with two attached hydrogens (primary N) is 1. The number of rotatable bonds is 8. The number of nitrogens with one attached hydrogen (secondary N) is 1. The summed E-state index contributed by atoms with van der Waals surface area (Å²) in [7, 11) is 0. The molecule has 0 aromatic rings. The van der Waals surface area contributed by atoms with Crippen molar-refractivity contribution >= 4 is 0 Å². The lowest BCUT2D eigenvalue weighted by Crippen LogP contribution is -2.31. The molecule has 2 fully saturated rings. The van der Waals surface area contributed by atoms with Crippen LogP contribution in [0.15, 0.2) is 0 Å². The van der Waals surface area contributed by atoms with Gasteiger partial charge in [0.05, 0.1) is 0 Å². The first-order chi connectivity index (χ1) is 7.26. The standard InChI is InChI=1S/C13H26N2/c1-2-6-13(7-8-13)10-15-9-5-12(14)11-3-4-11/h11-12,15H,2-10,14H2,1H3. The van der Waals surface area contributed by atoms with E-state index in [9.17, 15) is 0 Å². The largest absolute Gasteiger partial charge is 0.327 e. The molecule has 0 aromatic carbocycles. The summed E-state index contributed by atoms with van der Waals surface area (Å²) in [6.45, 7) is 4.66. The minimum absolute atomic E-state index is 0.471. The molecular weight excluding hydrogens is 184 g/mol. The predicted octanol–water partition coefficient (Wildman–Crippen LogP) is 2.28. The van der Waals surface area contributed by atoms with Crippen LogP contribution < -0.4 is 11.1 Å². The molecule has 0 aromatic heterocycles. The van der Waals surface area contributed by atoms with E-state index in [1.807, 2.05) is 0 Å². The van der Waals surface area contributed by atoms with Gasteiger partial charge in [0, 0.05) is 12.6 Å². The van der Waals surface area contributed by atoms with E-state index in [4.69, 9.17) is 5.73 Å². The Kier molecular flexibility index (Phi) is 3.68. The summed E-state index contributed by atoms with van der Waals surface area (Å²) in [6.07, 6.45) is 9.57. The minimum Gasteiger partial charge on any atom is -0.327 e. The van der Waals surface area contributed by atoms with E-state index in [0.29, 0.717) is 11.5 Å². The van der Waals surface area contributed by atoms with Crippen LogP contribution in [0.4, 0.5) is 0 Å². The molecule has 1 unspecified atom stereocenters. The Balaban J connectivity index is 1.51. The number of hydrogen-bond donors (Lipinski definition) is 2. The zero-order valence-electron chi connectivity index (χ0n) is 10.1. The highest BCUT2D eigenvalue weighted by Crippen LogP contribution is 2.48. The quantitative estimate of drug-likeness (QED) is 0.603. The molecule has 0 heterocycles. The van der Waals surface area contributed by atoms with Gasteiger partial charge in [0.1, 0.15) is 0 Å². The highest BCUT2D eigenvalue weighted by Gasteiger charge is 2.40. The Hall–Kier alpha value is -0.0800. The first-order valence-electron chi connectivity index (χ1n) is 6.72. The van der Waals surface area contributed by atoms with Gasteiger partial charge in [-0.3, -0.25) is 0 Å². The molecule has 2 nitrogen and oxygen atoms in total. The van der Waals surface area contributed by atoms with Crippen molar-refractivity contribution in [3.8, 4) is 0 Å². The van der Waals surface area contributed by atoms with Crippen molar-refractivity contribution in [3.05, 3.63) is 0 Å². The highest BCUT2D eigenvalue weighted by molar-refractivity contribution is 4.94. The SMILES string of the molecule is CCCC1(CNCCC(N)C2CC2)CC1. The Bertz CT molecular complexity index is 195. The van der Waals surface area contributed by atoms with Crippen LogP contribution in [-0.4, -0.2) is 19.1 Å². The molecule has 0 radical (unpaired) electrons. The molecule has 3 N–H and O–H groups in total. The summed E-state index contributed by atoms with van der Waals surface area (Å²) < 4.78 is 0. The van der Waals surface area contributed by atoms with Gasteiger partial charge in [-0.05, 0) is 56.4 Å². The van der Waals surface area contributed by atoms with Crippen LogP contribution in [-0.2, 0) is 0 Å². The van der Waals surface area contributed by atoms with Gasteiger partial charge in [-0.15, -0.1) is 0 Å². The smallest absolute Gasteiger partial charge is 0.00792 e. The lowest BCUT2D eigenvalue weighted by Gasteiger charge is -2.16. The lowest BCUT2D eigenvalue weighted by molar-refractivity contribution is 0.409. The fourth-order valence-electron chi connectivity index (χ4n) is 2.60. The zero-order valence-corrected chi connectivity index (χ0v) is 10.1. The first kappa shape index (κ1) is 11.4. The van der Waals surface area contributed by atoms with Crippen molar-refractivity contribution in [1.29, 1.82) is 0 Å². The molecule has 88 valence electrons. The second kappa shape index (κ2) is 4.84. The monoisotopic (exact) mass is 210 g/mol. The van der Waals surface area contributed by atoms with Crippen LogP contribution in [0.2, 0.25) is 0 Å². The predicted molar refractivity (Wildman–Crippen MR) is 64.8 cm³/mol. The molecule has 2 aliphatic carbocycles. The topological polar surface area (TPSA) is 38.0 Å². The molecule has 2 heteroatoms. The van der Waals surface area contributed by atoms with E-state index in [1.165, 1.54) is 51.5 Å². The normalized spacial score (nSPS) is 25.2. The van der Waals surface area contributed by atoms with Crippen molar-refractivity contribution < 1.29 is 0 Å². The van der Waals surface area contributed by atoms with Crippen LogP contribution in [0, 0.1) is 11.3 Å². The molecule has 0 bridgehead atoms. The summed E-state index contributed by atoms with van der Waals surface area (Å²) >= 11 is 0. The van der Waals surface area contributed by atoms with Gasteiger partial charge < -0.3 is 11.1 Å². The maximum Gasteiger partial charge on any atom is 0.00792 e. The highest BCUT2D eigenvalue weighted by atomic mass is 14.9. The molecule has 2 aliphatic rings. The average Bonchev–Trinajstić information content (AvgIpc) is 3.07. The second-order valence-corrected chi connectivity index (χ2v) is 5.72. The minimum atomic E-state index is 0.471.